The molecule has 0 radical (unpaired) electrons. The van der Waals surface area contributed by atoms with Gasteiger partial charge in [-0.1, -0.05) is 31.5 Å². The Balaban J connectivity index is 1.82. The Morgan fingerprint density at radius 3 is 2.71 bits per heavy atom. The number of carbonyl (C=O) groups is 3. The molecule has 0 aromatic heterocycles. The molecule has 3 aliphatic rings. The summed E-state index contributed by atoms with van der Waals surface area (Å²) in [5, 5.41) is 4.83. The van der Waals surface area contributed by atoms with Crippen LogP contribution < -0.4 is 10.6 Å². The van der Waals surface area contributed by atoms with Crippen LogP contribution in [-0.2, 0) is 19.9 Å². The normalized spacial score (nSPS) is 34.0. The number of quaternary nitrogens is 1. The number of nitrogens with two attached hydrogens (primary N) is 1. The highest BCUT2D eigenvalue weighted by atomic mass is 16.2. The number of fused-ring (bicyclic) bond motifs is 4. The molecule has 126 valence electrons. The molecule has 3 amide bonds. The van der Waals surface area contributed by atoms with Gasteiger partial charge in [-0.15, -0.1) is 0 Å². The Morgan fingerprint density at radius 1 is 1.21 bits per heavy atom. The first-order chi connectivity index (χ1) is 11.5. The van der Waals surface area contributed by atoms with E-state index in [1.54, 1.807) is 0 Å². The third-order valence-corrected chi connectivity index (χ3v) is 5.76. The Kier molecular flexibility index (Phi) is 3.28. The van der Waals surface area contributed by atoms with E-state index in [0.717, 1.165) is 24.1 Å². The summed E-state index contributed by atoms with van der Waals surface area (Å²) in [6.07, 6.45) is 1.72. The summed E-state index contributed by atoms with van der Waals surface area (Å²) in [5.41, 5.74) is 0.570. The van der Waals surface area contributed by atoms with Crippen LogP contribution in [0.5, 0.6) is 0 Å². The summed E-state index contributed by atoms with van der Waals surface area (Å²) >= 11 is 0. The summed E-state index contributed by atoms with van der Waals surface area (Å²) in [6, 6.07) is 7.39. The molecule has 2 fully saturated rings. The van der Waals surface area contributed by atoms with Gasteiger partial charge in [-0.25, -0.2) is 0 Å². The second-order valence-electron chi connectivity index (χ2n) is 7.08. The van der Waals surface area contributed by atoms with Gasteiger partial charge in [0.1, 0.15) is 11.8 Å². The summed E-state index contributed by atoms with van der Waals surface area (Å²) < 4.78 is 0. The van der Waals surface area contributed by atoms with Crippen molar-refractivity contribution in [3.8, 4) is 0 Å². The highest BCUT2D eigenvalue weighted by Crippen LogP contribution is 2.48. The number of rotatable bonds is 3. The Hall–Kier alpha value is -2.21. The van der Waals surface area contributed by atoms with Gasteiger partial charge in [-0.05, 0) is 19.4 Å². The van der Waals surface area contributed by atoms with Gasteiger partial charge in [0.15, 0.2) is 0 Å². The number of imide groups is 1. The lowest BCUT2D eigenvalue weighted by Gasteiger charge is -2.25. The molecule has 4 rings (SSSR count). The number of para-hydroxylation sites is 1. The van der Waals surface area contributed by atoms with Gasteiger partial charge in [0.25, 0.3) is 5.91 Å². The number of amides is 3. The van der Waals surface area contributed by atoms with E-state index in [0.29, 0.717) is 6.54 Å². The molecule has 3 heterocycles. The van der Waals surface area contributed by atoms with E-state index in [1.165, 1.54) is 4.90 Å². The molecule has 24 heavy (non-hydrogen) atoms. The van der Waals surface area contributed by atoms with Crippen molar-refractivity contribution in [2.45, 2.75) is 38.3 Å². The van der Waals surface area contributed by atoms with Gasteiger partial charge >= 0.3 is 0 Å². The lowest BCUT2D eigenvalue weighted by atomic mass is 9.76. The van der Waals surface area contributed by atoms with E-state index in [2.05, 4.69) is 5.32 Å². The van der Waals surface area contributed by atoms with Gasteiger partial charge in [-0.2, -0.15) is 0 Å². The van der Waals surface area contributed by atoms with Crippen LogP contribution in [0.2, 0.25) is 0 Å². The van der Waals surface area contributed by atoms with Gasteiger partial charge in [-0.3, -0.25) is 19.3 Å². The maximum Gasteiger partial charge on any atom is 0.291 e. The molecule has 3 aliphatic heterocycles. The highest BCUT2D eigenvalue weighted by Gasteiger charge is 2.73. The van der Waals surface area contributed by atoms with Crippen molar-refractivity contribution in [2.24, 2.45) is 11.8 Å². The number of unbranched alkanes of at least 4 members (excludes halogenated alkanes) is 1. The number of likely N-dealkylation sites (tertiary alicyclic amines) is 1. The van der Waals surface area contributed by atoms with E-state index >= 15 is 0 Å². The fourth-order valence-electron chi connectivity index (χ4n) is 4.69. The van der Waals surface area contributed by atoms with Gasteiger partial charge < -0.3 is 10.6 Å². The number of nitrogens with one attached hydrogen (secondary N) is 1. The SMILES string of the molecule is CCCCN1C(=O)[C@@H]2[C@H](C)[NH2+][C@]3(C(=O)Nc4ccccc43)[C@@H]2C1=O. The predicted octanol–water partition coefficient (Wildman–Crippen LogP) is 0.201. The topological polar surface area (TPSA) is 83.1 Å². The van der Waals surface area contributed by atoms with Crippen molar-refractivity contribution in [1.29, 1.82) is 0 Å². The molecule has 2 saturated heterocycles. The van der Waals surface area contributed by atoms with Gasteiger partial charge in [0.2, 0.25) is 17.4 Å². The predicted molar refractivity (Wildman–Crippen MR) is 86.7 cm³/mol. The average Bonchev–Trinajstić information content (AvgIpc) is 3.12. The van der Waals surface area contributed by atoms with Crippen molar-refractivity contribution in [2.75, 3.05) is 11.9 Å². The molecule has 0 bridgehead atoms. The second-order valence-corrected chi connectivity index (χ2v) is 7.08. The van der Waals surface area contributed by atoms with Crippen molar-refractivity contribution < 1.29 is 19.7 Å². The lowest BCUT2D eigenvalue weighted by Crippen LogP contribution is -2.98. The summed E-state index contributed by atoms with van der Waals surface area (Å²) in [5.74, 6) is -1.52. The summed E-state index contributed by atoms with van der Waals surface area (Å²) in [6.45, 7) is 4.42. The fourth-order valence-corrected chi connectivity index (χ4v) is 4.69. The Bertz CT molecular complexity index is 747. The molecule has 1 aromatic carbocycles. The molecule has 0 saturated carbocycles. The zero-order chi connectivity index (χ0) is 17.1. The van der Waals surface area contributed by atoms with Crippen LogP contribution in [0.1, 0.15) is 32.3 Å². The third kappa shape index (κ3) is 1.72. The number of carbonyl (C=O) groups excluding carboxylic acids is 3. The highest BCUT2D eigenvalue weighted by molar-refractivity contribution is 6.13. The molecule has 0 aliphatic carbocycles. The molecular weight excluding hydrogens is 306 g/mol. The minimum atomic E-state index is -1.01. The molecule has 0 unspecified atom stereocenters. The number of hydrogen-bond acceptors (Lipinski definition) is 3. The minimum Gasteiger partial charge on any atom is -0.326 e. The Morgan fingerprint density at radius 2 is 1.96 bits per heavy atom. The number of nitrogens with zero attached hydrogens (tertiary/aromatic N) is 1. The molecular formula is C18H22N3O3+. The Labute approximate surface area is 140 Å². The van der Waals surface area contributed by atoms with Crippen molar-refractivity contribution in [1.82, 2.24) is 4.90 Å². The summed E-state index contributed by atoms with van der Waals surface area (Å²) in [7, 11) is 0. The van der Waals surface area contributed by atoms with Crippen LogP contribution in [0.15, 0.2) is 24.3 Å². The number of hydrogen-bond donors (Lipinski definition) is 2. The molecule has 1 aromatic rings. The number of benzene rings is 1. The van der Waals surface area contributed by atoms with Crippen LogP contribution in [0.4, 0.5) is 5.69 Å². The lowest BCUT2D eigenvalue weighted by molar-refractivity contribution is -0.730. The van der Waals surface area contributed by atoms with E-state index in [1.807, 2.05) is 43.4 Å². The van der Waals surface area contributed by atoms with Gasteiger partial charge in [0.05, 0.1) is 11.7 Å². The van der Waals surface area contributed by atoms with Crippen molar-refractivity contribution >= 4 is 23.4 Å². The maximum absolute atomic E-state index is 13.1. The van der Waals surface area contributed by atoms with E-state index in [4.69, 9.17) is 0 Å². The molecule has 6 heteroatoms. The van der Waals surface area contributed by atoms with Crippen LogP contribution in [-0.4, -0.2) is 35.2 Å². The molecule has 3 N–H and O–H groups in total. The van der Waals surface area contributed by atoms with Crippen LogP contribution in [0.25, 0.3) is 0 Å². The van der Waals surface area contributed by atoms with Gasteiger partial charge in [0, 0.05) is 12.1 Å². The number of anilines is 1. The first kappa shape index (κ1) is 15.3. The maximum atomic E-state index is 13.1. The zero-order valence-corrected chi connectivity index (χ0v) is 13.9. The second kappa shape index (κ2) is 5.14. The van der Waals surface area contributed by atoms with Crippen LogP contribution in [0, 0.1) is 11.8 Å². The molecule has 6 nitrogen and oxygen atoms in total. The van der Waals surface area contributed by atoms with Crippen molar-refractivity contribution in [3.05, 3.63) is 29.8 Å². The van der Waals surface area contributed by atoms with E-state index < -0.39 is 17.4 Å². The zero-order valence-electron chi connectivity index (χ0n) is 13.9. The molecule has 1 spiro atoms. The van der Waals surface area contributed by atoms with Crippen LogP contribution in [0.3, 0.4) is 0 Å². The average molecular weight is 328 g/mol. The van der Waals surface area contributed by atoms with Crippen LogP contribution >= 0.6 is 0 Å². The van der Waals surface area contributed by atoms with E-state index in [-0.39, 0.29) is 23.8 Å². The van der Waals surface area contributed by atoms with Crippen molar-refractivity contribution in [3.63, 3.8) is 0 Å². The van der Waals surface area contributed by atoms with E-state index in [9.17, 15) is 14.4 Å². The molecule has 4 atom stereocenters. The largest absolute Gasteiger partial charge is 0.326 e. The first-order valence-corrected chi connectivity index (χ1v) is 8.64. The minimum absolute atomic E-state index is 0.102. The fraction of sp³-hybridized carbons (Fsp3) is 0.500. The smallest absolute Gasteiger partial charge is 0.291 e. The first-order valence-electron chi connectivity index (χ1n) is 8.64. The quantitative estimate of drug-likeness (QED) is 0.778. The third-order valence-electron chi connectivity index (χ3n) is 5.76. The monoisotopic (exact) mass is 328 g/mol. The summed E-state index contributed by atoms with van der Waals surface area (Å²) in [4.78, 5) is 40.2. The standard InChI is InChI=1S/C18H21N3O3/c1-3-4-9-21-15(22)13-10(2)20-18(14(13)16(21)23)11-7-5-6-8-12(11)19-17(18)24/h5-8,10,13-14,20H,3-4,9H2,1-2H3,(H,19,24)/p+1/t10-,13+,14-,18-/m0/s1.